The minimum atomic E-state index is -0.866. The van der Waals surface area contributed by atoms with Gasteiger partial charge >= 0.3 is 5.97 Å². The number of fused-ring (bicyclic) bond motifs is 5. The second-order valence-electron chi connectivity index (χ2n) is 13.5. The molecule has 5 heteroatoms. The third-order valence-corrected chi connectivity index (χ3v) is 12.0. The lowest BCUT2D eigenvalue weighted by Crippen LogP contribution is -2.62. The molecule has 5 aliphatic carbocycles. The molecule has 0 aliphatic heterocycles. The highest BCUT2D eigenvalue weighted by molar-refractivity contribution is 5.76. The van der Waals surface area contributed by atoms with E-state index in [1.165, 1.54) is 6.42 Å². The quantitative estimate of drug-likeness (QED) is 0.440. The molecule has 5 nitrogen and oxygen atoms in total. The van der Waals surface area contributed by atoms with Gasteiger partial charge in [-0.05, 0) is 91.8 Å². The predicted molar refractivity (Wildman–Crippen MR) is 131 cm³/mol. The van der Waals surface area contributed by atoms with Crippen LogP contribution in [0.4, 0.5) is 0 Å². The lowest BCUT2D eigenvalue weighted by atomic mass is 9.45. The van der Waals surface area contributed by atoms with E-state index in [0.29, 0.717) is 48.9 Å². The Hall–Kier alpha value is -0.910. The molecule has 0 amide bonds. The lowest BCUT2D eigenvalue weighted by molar-refractivity contribution is -0.188. The molecule has 4 fully saturated rings. The number of hydrogen-bond acceptors (Lipinski definition) is 4. The summed E-state index contributed by atoms with van der Waals surface area (Å²) in [5, 5.41) is 43.8. The largest absolute Gasteiger partial charge is 0.481 e. The molecule has 0 aromatic carbocycles. The fraction of sp³-hybridized carbons (Fsp3) is 0.897. The molecule has 0 saturated heterocycles. The summed E-state index contributed by atoms with van der Waals surface area (Å²) >= 11 is 0. The molecular formula is C29H46O5. The first-order chi connectivity index (χ1) is 15.9. The Morgan fingerprint density at radius 3 is 2.41 bits per heavy atom. The van der Waals surface area contributed by atoms with Crippen molar-refractivity contribution < 1.29 is 25.2 Å². The van der Waals surface area contributed by atoms with Gasteiger partial charge in [0.15, 0.2) is 0 Å². The summed E-state index contributed by atoms with van der Waals surface area (Å²) < 4.78 is 0. The second-order valence-corrected chi connectivity index (χ2v) is 13.5. The third-order valence-electron chi connectivity index (χ3n) is 12.0. The molecular weight excluding hydrogens is 428 g/mol. The average molecular weight is 475 g/mol. The topological polar surface area (TPSA) is 98.0 Å². The summed E-state index contributed by atoms with van der Waals surface area (Å²) in [6.45, 7) is 11.3. The Morgan fingerprint density at radius 1 is 1.06 bits per heavy atom. The van der Waals surface area contributed by atoms with E-state index in [1.807, 2.05) is 0 Å². The standard InChI is InChI=1S/C29H46O5/c1-14(2)15(3)20-12-21(20)16(4)22-8-9-23-19-7-6-17-10-18(30)11-25(32)28(17,5)26(19)24(31)13-29(22,23)27(33)34/h6,14-16,18-26,30-32H,7-13H2,1-5H3,(H,33,34)/t15-,16-,18-,19+,20-,21-,22-,23+,24-,25+,26+,28-,29+/m1/s1. The van der Waals surface area contributed by atoms with E-state index in [0.717, 1.165) is 24.8 Å². The molecule has 0 aromatic heterocycles. The second kappa shape index (κ2) is 8.31. The van der Waals surface area contributed by atoms with Gasteiger partial charge in [-0.25, -0.2) is 0 Å². The number of hydrogen-bond donors (Lipinski definition) is 4. The molecule has 4 saturated carbocycles. The monoisotopic (exact) mass is 474 g/mol. The van der Waals surface area contributed by atoms with E-state index in [9.17, 15) is 25.2 Å². The van der Waals surface area contributed by atoms with Crippen LogP contribution >= 0.6 is 0 Å². The molecule has 0 heterocycles. The van der Waals surface area contributed by atoms with Crippen LogP contribution in [-0.2, 0) is 4.79 Å². The lowest BCUT2D eigenvalue weighted by Gasteiger charge is -2.60. The van der Waals surface area contributed by atoms with Crippen molar-refractivity contribution in [3.05, 3.63) is 11.6 Å². The number of carboxylic acids is 1. The number of rotatable bonds is 5. The fourth-order valence-corrected chi connectivity index (χ4v) is 9.88. The maximum Gasteiger partial charge on any atom is 0.310 e. The highest BCUT2D eigenvalue weighted by Gasteiger charge is 2.69. The number of aliphatic carboxylic acids is 1. The van der Waals surface area contributed by atoms with Crippen molar-refractivity contribution in [3.8, 4) is 0 Å². The van der Waals surface area contributed by atoms with Crippen molar-refractivity contribution in [2.24, 2.45) is 64.1 Å². The van der Waals surface area contributed by atoms with Gasteiger partial charge in [-0.15, -0.1) is 0 Å². The number of carboxylic acid groups (broad SMARTS) is 1. The third kappa shape index (κ3) is 3.32. The minimum Gasteiger partial charge on any atom is -0.481 e. The molecule has 0 aromatic rings. The van der Waals surface area contributed by atoms with Crippen LogP contribution in [0.1, 0.15) is 79.6 Å². The molecule has 5 rings (SSSR count). The maximum atomic E-state index is 13.1. The number of aliphatic hydroxyl groups is 3. The SMILES string of the molecule is CC(C)[C@@H](C)[C@H]1C[C@@H]1[C@@H](C)[C@H]1CC[C@H]2[C@@H]3CC=C4C[C@@H](O)C[C@H](O)[C@]4(C)[C@@H]3[C@H](O)C[C@]12C(=O)O. The zero-order valence-corrected chi connectivity index (χ0v) is 21.7. The van der Waals surface area contributed by atoms with Gasteiger partial charge in [0.1, 0.15) is 0 Å². The summed E-state index contributed by atoms with van der Waals surface area (Å²) in [7, 11) is 0. The summed E-state index contributed by atoms with van der Waals surface area (Å²) in [4.78, 5) is 13.1. The summed E-state index contributed by atoms with van der Waals surface area (Å²) in [6.07, 6.45) is 5.18. The summed E-state index contributed by atoms with van der Waals surface area (Å²) in [5.41, 5.74) is -0.382. The van der Waals surface area contributed by atoms with Crippen LogP contribution in [0.15, 0.2) is 11.6 Å². The summed E-state index contributed by atoms with van der Waals surface area (Å²) in [6, 6.07) is 0. The van der Waals surface area contributed by atoms with Gasteiger partial charge < -0.3 is 20.4 Å². The molecule has 13 atom stereocenters. The Balaban J connectivity index is 1.46. The Labute approximate surface area is 205 Å². The maximum absolute atomic E-state index is 13.1. The molecule has 0 bridgehead atoms. The minimum absolute atomic E-state index is 0.0410. The van der Waals surface area contributed by atoms with Crippen LogP contribution in [-0.4, -0.2) is 44.7 Å². The molecule has 0 spiro atoms. The molecule has 192 valence electrons. The van der Waals surface area contributed by atoms with Crippen molar-refractivity contribution in [1.29, 1.82) is 0 Å². The molecule has 0 unspecified atom stereocenters. The van der Waals surface area contributed by atoms with Gasteiger partial charge in [0, 0.05) is 11.8 Å². The van der Waals surface area contributed by atoms with Crippen molar-refractivity contribution >= 4 is 5.97 Å². The van der Waals surface area contributed by atoms with Gasteiger partial charge in [0.25, 0.3) is 0 Å². The highest BCUT2D eigenvalue weighted by atomic mass is 16.4. The first-order valence-electron chi connectivity index (χ1n) is 13.9. The van der Waals surface area contributed by atoms with E-state index >= 15 is 0 Å². The summed E-state index contributed by atoms with van der Waals surface area (Å²) in [5.74, 6) is 2.33. The van der Waals surface area contributed by atoms with Gasteiger partial charge in [0.2, 0.25) is 0 Å². The molecule has 0 radical (unpaired) electrons. The van der Waals surface area contributed by atoms with Crippen molar-refractivity contribution in [2.45, 2.75) is 97.9 Å². The van der Waals surface area contributed by atoms with Crippen LogP contribution < -0.4 is 0 Å². The van der Waals surface area contributed by atoms with Crippen molar-refractivity contribution in [2.75, 3.05) is 0 Å². The number of allylic oxidation sites excluding steroid dienone is 1. The Morgan fingerprint density at radius 2 is 1.76 bits per heavy atom. The smallest absolute Gasteiger partial charge is 0.310 e. The predicted octanol–water partition coefficient (Wildman–Crippen LogP) is 4.50. The molecule has 4 N–H and O–H groups in total. The Kier molecular flexibility index (Phi) is 6.06. The van der Waals surface area contributed by atoms with E-state index < -0.39 is 35.1 Å². The average Bonchev–Trinajstić information content (AvgIpc) is 3.46. The zero-order chi connectivity index (χ0) is 24.7. The fourth-order valence-electron chi connectivity index (χ4n) is 9.88. The molecule has 5 aliphatic rings. The van der Waals surface area contributed by atoms with Crippen LogP contribution in [0.25, 0.3) is 0 Å². The van der Waals surface area contributed by atoms with E-state index in [-0.39, 0.29) is 23.7 Å². The van der Waals surface area contributed by atoms with E-state index in [2.05, 4.69) is 40.7 Å². The first kappa shape index (κ1) is 24.8. The van der Waals surface area contributed by atoms with Gasteiger partial charge in [-0.3, -0.25) is 4.79 Å². The van der Waals surface area contributed by atoms with Crippen molar-refractivity contribution in [3.63, 3.8) is 0 Å². The van der Waals surface area contributed by atoms with Crippen molar-refractivity contribution in [1.82, 2.24) is 0 Å². The van der Waals surface area contributed by atoms with Gasteiger partial charge in [-0.1, -0.05) is 46.3 Å². The van der Waals surface area contributed by atoms with Crippen LogP contribution in [0.3, 0.4) is 0 Å². The van der Waals surface area contributed by atoms with Gasteiger partial charge in [-0.2, -0.15) is 0 Å². The van der Waals surface area contributed by atoms with Crippen LogP contribution in [0.2, 0.25) is 0 Å². The highest BCUT2D eigenvalue weighted by Crippen LogP contribution is 2.69. The molecule has 34 heavy (non-hydrogen) atoms. The van der Waals surface area contributed by atoms with Gasteiger partial charge in [0.05, 0.1) is 23.7 Å². The zero-order valence-electron chi connectivity index (χ0n) is 21.7. The van der Waals surface area contributed by atoms with E-state index in [4.69, 9.17) is 0 Å². The number of aliphatic hydroxyl groups excluding tert-OH is 3. The van der Waals surface area contributed by atoms with Crippen LogP contribution in [0.5, 0.6) is 0 Å². The number of carbonyl (C=O) groups is 1. The normalized spacial score (nSPS) is 51.7. The Bertz CT molecular complexity index is 851. The first-order valence-corrected chi connectivity index (χ1v) is 13.9. The van der Waals surface area contributed by atoms with E-state index in [1.54, 1.807) is 0 Å². The van der Waals surface area contributed by atoms with Crippen LogP contribution in [0, 0.1) is 64.1 Å².